The number of hydrogen-bond donors (Lipinski definition) is 3. The van der Waals surface area contributed by atoms with Gasteiger partial charge in [-0.3, -0.25) is 5.41 Å². The fraction of sp³-hybridized carbons (Fsp3) is 0.125. The van der Waals surface area contributed by atoms with Crippen LogP contribution in [0.15, 0.2) is 47.6 Å². The number of nitrogens with one attached hydrogen (secondary N) is 2. The van der Waals surface area contributed by atoms with Gasteiger partial charge in [0.2, 0.25) is 0 Å². The fourth-order valence-electron chi connectivity index (χ4n) is 2.34. The molecule has 3 rings (SSSR count). The summed E-state index contributed by atoms with van der Waals surface area (Å²) in [5.41, 5.74) is 8.28. The number of aromatic nitrogens is 4. The van der Waals surface area contributed by atoms with E-state index in [1.165, 1.54) is 10.7 Å². The number of rotatable bonds is 5. The van der Waals surface area contributed by atoms with Crippen molar-refractivity contribution in [2.24, 2.45) is 10.7 Å². The van der Waals surface area contributed by atoms with Gasteiger partial charge in [0.05, 0.1) is 17.6 Å². The van der Waals surface area contributed by atoms with Gasteiger partial charge in [-0.05, 0) is 24.3 Å². The smallest absolute Gasteiger partial charge is 0.148 e. The first-order valence-electron chi connectivity index (χ1n) is 7.28. The van der Waals surface area contributed by atoms with Crippen molar-refractivity contribution in [1.29, 1.82) is 5.41 Å². The number of amidine groups is 1. The zero-order valence-electron chi connectivity index (χ0n) is 12.9. The van der Waals surface area contributed by atoms with E-state index < -0.39 is 0 Å². The van der Waals surface area contributed by atoms with Gasteiger partial charge in [-0.2, -0.15) is 0 Å². The normalized spacial score (nSPS) is 13.0. The van der Waals surface area contributed by atoms with E-state index in [-0.39, 0.29) is 17.6 Å². The summed E-state index contributed by atoms with van der Waals surface area (Å²) in [7, 11) is 0. The van der Waals surface area contributed by atoms with E-state index in [9.17, 15) is 4.39 Å². The number of H-pyrrole nitrogens is 1. The van der Waals surface area contributed by atoms with Crippen molar-refractivity contribution in [3.8, 4) is 5.69 Å². The second kappa shape index (κ2) is 6.45. The van der Waals surface area contributed by atoms with Crippen LogP contribution in [0.3, 0.4) is 0 Å². The van der Waals surface area contributed by atoms with Crippen molar-refractivity contribution in [3.63, 3.8) is 0 Å². The summed E-state index contributed by atoms with van der Waals surface area (Å²) in [5.74, 6) is -0.218. The van der Waals surface area contributed by atoms with Crippen LogP contribution in [0.2, 0.25) is 0 Å². The number of halogens is 1. The van der Waals surface area contributed by atoms with Gasteiger partial charge in [-0.25, -0.2) is 14.1 Å². The first-order valence-corrected chi connectivity index (χ1v) is 7.28. The van der Waals surface area contributed by atoms with Crippen LogP contribution in [0, 0.1) is 11.2 Å². The highest BCUT2D eigenvalue weighted by atomic mass is 19.1. The lowest BCUT2D eigenvalue weighted by molar-refractivity contribution is 0.607. The highest BCUT2D eigenvalue weighted by Crippen LogP contribution is 2.22. The van der Waals surface area contributed by atoms with E-state index in [1.54, 1.807) is 30.5 Å². The number of benzene rings is 1. The molecule has 0 saturated carbocycles. The van der Waals surface area contributed by atoms with E-state index in [0.717, 1.165) is 12.0 Å². The number of nitrogens with zero attached hydrogens (tertiary/aromatic N) is 4. The van der Waals surface area contributed by atoms with Crippen molar-refractivity contribution in [3.05, 3.63) is 65.5 Å². The predicted molar refractivity (Wildman–Crippen MR) is 89.1 cm³/mol. The second-order valence-corrected chi connectivity index (χ2v) is 5.23. The molecular weight excluding hydrogens is 309 g/mol. The van der Waals surface area contributed by atoms with Crippen LogP contribution in [0.5, 0.6) is 0 Å². The van der Waals surface area contributed by atoms with Gasteiger partial charge in [0.1, 0.15) is 23.7 Å². The lowest BCUT2D eigenvalue weighted by atomic mass is 10.1. The molecule has 1 aromatic carbocycles. The second-order valence-electron chi connectivity index (χ2n) is 5.23. The minimum Gasteiger partial charge on any atom is -0.382 e. The molecule has 0 fully saturated rings. The molecule has 24 heavy (non-hydrogen) atoms. The maximum atomic E-state index is 13.8. The Morgan fingerprint density at radius 1 is 1.38 bits per heavy atom. The minimum atomic E-state index is -0.362. The molecule has 0 amide bonds. The molecule has 0 radical (unpaired) electrons. The Bertz CT molecular complexity index is 893. The fourth-order valence-corrected chi connectivity index (χ4v) is 2.34. The van der Waals surface area contributed by atoms with Crippen LogP contribution in [0.25, 0.3) is 5.69 Å². The van der Waals surface area contributed by atoms with Gasteiger partial charge >= 0.3 is 0 Å². The largest absolute Gasteiger partial charge is 0.382 e. The van der Waals surface area contributed by atoms with Gasteiger partial charge in [-0.1, -0.05) is 24.3 Å². The Labute approximate surface area is 137 Å². The molecule has 7 nitrogen and oxygen atoms in total. The summed E-state index contributed by atoms with van der Waals surface area (Å²) in [5, 5.41) is 15.1. The molecule has 1 atom stereocenters. The SMILES string of the molecule is CC(c1cn(-c2ccccc2F)nn1)c1ccc(C(N)=NC=N)[nH]1. The summed E-state index contributed by atoms with van der Waals surface area (Å²) >= 11 is 0. The van der Waals surface area contributed by atoms with E-state index in [1.807, 2.05) is 13.0 Å². The van der Waals surface area contributed by atoms with Gasteiger partial charge in [0, 0.05) is 11.6 Å². The monoisotopic (exact) mass is 325 g/mol. The summed E-state index contributed by atoms with van der Waals surface area (Å²) in [4.78, 5) is 6.87. The third-order valence-electron chi connectivity index (χ3n) is 3.71. The van der Waals surface area contributed by atoms with Crippen LogP contribution >= 0.6 is 0 Å². The first-order chi connectivity index (χ1) is 11.6. The van der Waals surface area contributed by atoms with Gasteiger partial charge in [-0.15, -0.1) is 5.10 Å². The molecule has 0 aliphatic heterocycles. The maximum Gasteiger partial charge on any atom is 0.148 e. The van der Waals surface area contributed by atoms with E-state index in [2.05, 4.69) is 20.3 Å². The van der Waals surface area contributed by atoms with Gasteiger partial charge in [0.15, 0.2) is 0 Å². The Morgan fingerprint density at radius 3 is 2.92 bits per heavy atom. The van der Waals surface area contributed by atoms with E-state index in [4.69, 9.17) is 11.1 Å². The molecular formula is C16H16FN7. The third kappa shape index (κ3) is 2.94. The molecule has 3 aromatic rings. The molecule has 0 aliphatic carbocycles. The number of para-hydroxylation sites is 1. The molecule has 8 heteroatoms. The molecule has 122 valence electrons. The average Bonchev–Trinajstić information content (AvgIpc) is 3.25. The third-order valence-corrected chi connectivity index (χ3v) is 3.71. The molecule has 0 spiro atoms. The van der Waals surface area contributed by atoms with Crippen LogP contribution in [-0.4, -0.2) is 32.2 Å². The number of hydrogen-bond acceptors (Lipinski definition) is 3. The number of nitrogens with two attached hydrogens (primary N) is 1. The molecule has 0 aliphatic rings. The highest BCUT2D eigenvalue weighted by molar-refractivity contribution is 5.99. The predicted octanol–water partition coefficient (Wildman–Crippen LogP) is 2.20. The molecule has 0 saturated heterocycles. The van der Waals surface area contributed by atoms with Crippen molar-refractivity contribution in [2.45, 2.75) is 12.8 Å². The van der Waals surface area contributed by atoms with Crippen molar-refractivity contribution in [1.82, 2.24) is 20.0 Å². The quantitative estimate of drug-likeness (QED) is 0.494. The Kier molecular flexibility index (Phi) is 4.19. The zero-order valence-corrected chi connectivity index (χ0v) is 12.9. The standard InChI is InChI=1S/C16H16FN7/c1-10(12-6-7-13(21-12)16(19)20-9-18)14-8-24(23-22-14)15-5-3-2-4-11(15)17/h2-10,21H,1H3,(H3,18,19,20). The molecule has 1 unspecified atom stereocenters. The highest BCUT2D eigenvalue weighted by Gasteiger charge is 2.16. The number of aliphatic imine (C=N–C) groups is 1. The molecule has 2 heterocycles. The van der Waals surface area contributed by atoms with Crippen LogP contribution in [-0.2, 0) is 0 Å². The lowest BCUT2D eigenvalue weighted by Gasteiger charge is -2.05. The molecule has 4 N–H and O–H groups in total. The van der Waals surface area contributed by atoms with E-state index >= 15 is 0 Å². The summed E-state index contributed by atoms with van der Waals surface area (Å²) < 4.78 is 15.2. The maximum absolute atomic E-state index is 13.8. The van der Waals surface area contributed by atoms with Gasteiger partial charge < -0.3 is 10.7 Å². The lowest BCUT2D eigenvalue weighted by Crippen LogP contribution is -2.14. The van der Waals surface area contributed by atoms with Crippen LogP contribution in [0.4, 0.5) is 4.39 Å². The van der Waals surface area contributed by atoms with E-state index in [0.29, 0.717) is 17.1 Å². The topological polar surface area (TPSA) is 109 Å². The van der Waals surface area contributed by atoms with Crippen LogP contribution in [0.1, 0.15) is 29.9 Å². The molecule has 2 aromatic heterocycles. The minimum absolute atomic E-state index is 0.0907. The number of aromatic amines is 1. The molecule has 0 bridgehead atoms. The Morgan fingerprint density at radius 2 is 2.17 bits per heavy atom. The van der Waals surface area contributed by atoms with Crippen molar-refractivity contribution < 1.29 is 4.39 Å². The van der Waals surface area contributed by atoms with Gasteiger partial charge in [0.25, 0.3) is 0 Å². The Balaban J connectivity index is 1.87. The summed E-state index contributed by atoms with van der Waals surface area (Å²) in [6.45, 7) is 1.95. The summed E-state index contributed by atoms with van der Waals surface area (Å²) in [6, 6.07) is 10.0. The summed E-state index contributed by atoms with van der Waals surface area (Å²) in [6.07, 6.45) is 2.58. The van der Waals surface area contributed by atoms with Crippen molar-refractivity contribution in [2.75, 3.05) is 0 Å². The zero-order chi connectivity index (χ0) is 17.1. The van der Waals surface area contributed by atoms with Crippen molar-refractivity contribution >= 4 is 12.2 Å². The van der Waals surface area contributed by atoms with Crippen LogP contribution < -0.4 is 5.73 Å². The first kappa shape index (κ1) is 15.6. The Hall–Kier alpha value is -3.29. The average molecular weight is 325 g/mol.